The summed E-state index contributed by atoms with van der Waals surface area (Å²) >= 11 is 0. The Hall–Kier alpha value is -1.23. The minimum atomic E-state index is -4.16. The van der Waals surface area contributed by atoms with E-state index in [1.165, 1.54) is 0 Å². The second kappa shape index (κ2) is 5.04. The molecule has 0 unspecified atom stereocenters. The number of benzene rings is 1. The van der Waals surface area contributed by atoms with E-state index in [9.17, 15) is 13.2 Å². The van der Waals surface area contributed by atoms with E-state index < -0.39 is 11.7 Å². The number of halogens is 3. The molecule has 0 aliphatic heterocycles. The Labute approximate surface area is 111 Å². The van der Waals surface area contributed by atoms with Crippen LogP contribution in [0.15, 0.2) is 24.3 Å². The highest BCUT2D eigenvalue weighted by Gasteiger charge is 2.62. The summed E-state index contributed by atoms with van der Waals surface area (Å²) in [4.78, 5) is 0. The Bertz CT molecular complexity index is 421. The average molecular weight is 273 g/mol. The van der Waals surface area contributed by atoms with E-state index in [-0.39, 0.29) is 25.5 Å². The molecule has 2 nitrogen and oxygen atoms in total. The Kier molecular flexibility index (Phi) is 3.76. The fraction of sp³-hybridized carbons (Fsp3) is 0.571. The van der Waals surface area contributed by atoms with E-state index in [0.29, 0.717) is 0 Å². The molecule has 1 aliphatic rings. The number of hydrogen-bond acceptors (Lipinski definition) is 2. The van der Waals surface area contributed by atoms with Gasteiger partial charge in [-0.1, -0.05) is 12.1 Å². The smallest absolute Gasteiger partial charge is 0.406 e. The summed E-state index contributed by atoms with van der Waals surface area (Å²) in [6, 6.07) is 7.14. The Morgan fingerprint density at radius 1 is 1.21 bits per heavy atom. The number of nitrogens with one attached hydrogen (secondary N) is 1. The molecule has 0 spiro atoms. The van der Waals surface area contributed by atoms with Crippen LogP contribution in [0.2, 0.25) is 0 Å². The van der Waals surface area contributed by atoms with Gasteiger partial charge in [0, 0.05) is 6.54 Å². The van der Waals surface area contributed by atoms with E-state index in [1.807, 2.05) is 13.8 Å². The average Bonchev–Trinajstić information content (AvgIpc) is 3.08. The molecule has 1 aromatic rings. The largest absolute Gasteiger partial charge is 0.491 e. The molecule has 106 valence electrons. The highest BCUT2D eigenvalue weighted by molar-refractivity contribution is 5.27. The number of alkyl halides is 3. The normalized spacial score (nSPS) is 17.6. The molecule has 1 aromatic carbocycles. The van der Waals surface area contributed by atoms with Gasteiger partial charge in [0.1, 0.15) is 11.3 Å². The molecule has 0 amide bonds. The second-order valence-corrected chi connectivity index (χ2v) is 5.24. The van der Waals surface area contributed by atoms with Crippen LogP contribution in [0.5, 0.6) is 5.75 Å². The van der Waals surface area contributed by atoms with E-state index in [0.717, 1.165) is 11.3 Å². The summed E-state index contributed by atoms with van der Waals surface area (Å²) < 4.78 is 43.7. The highest BCUT2D eigenvalue weighted by atomic mass is 19.4. The maximum Gasteiger partial charge on any atom is 0.406 e. The lowest BCUT2D eigenvalue weighted by molar-refractivity contribution is -0.166. The van der Waals surface area contributed by atoms with Crippen LogP contribution in [0, 0.1) is 0 Å². The lowest BCUT2D eigenvalue weighted by Gasteiger charge is -2.20. The monoisotopic (exact) mass is 273 g/mol. The van der Waals surface area contributed by atoms with Gasteiger partial charge in [0.25, 0.3) is 0 Å². The first kappa shape index (κ1) is 14.2. The van der Waals surface area contributed by atoms with Crippen LogP contribution in [0.25, 0.3) is 0 Å². The quantitative estimate of drug-likeness (QED) is 0.884. The Morgan fingerprint density at radius 2 is 1.79 bits per heavy atom. The van der Waals surface area contributed by atoms with Crippen LogP contribution in [0.4, 0.5) is 13.2 Å². The molecule has 1 aliphatic carbocycles. The lowest BCUT2D eigenvalue weighted by atomic mass is 10.2. The van der Waals surface area contributed by atoms with Crippen LogP contribution < -0.4 is 10.1 Å². The summed E-state index contributed by atoms with van der Waals surface area (Å²) in [5.41, 5.74) is -0.827. The van der Waals surface area contributed by atoms with Crippen LogP contribution in [0.1, 0.15) is 32.3 Å². The molecule has 1 fully saturated rings. The molecular weight excluding hydrogens is 255 g/mol. The molecule has 1 saturated carbocycles. The molecule has 5 heteroatoms. The van der Waals surface area contributed by atoms with Crippen molar-refractivity contribution in [2.24, 2.45) is 0 Å². The molecule has 0 aromatic heterocycles. The minimum Gasteiger partial charge on any atom is -0.491 e. The SMILES string of the molecule is CC(C)Oc1ccc(CNC2(C(F)(F)F)CC2)cc1. The summed E-state index contributed by atoms with van der Waals surface area (Å²) in [5.74, 6) is 0.732. The zero-order valence-electron chi connectivity index (χ0n) is 11.1. The van der Waals surface area contributed by atoms with Gasteiger partial charge in [-0.2, -0.15) is 13.2 Å². The third-order valence-corrected chi connectivity index (χ3v) is 3.22. The fourth-order valence-electron chi connectivity index (χ4n) is 1.91. The number of rotatable bonds is 5. The number of hydrogen-bond donors (Lipinski definition) is 1. The first-order chi connectivity index (χ1) is 8.82. The van der Waals surface area contributed by atoms with Gasteiger partial charge in [-0.3, -0.25) is 5.32 Å². The fourth-order valence-corrected chi connectivity index (χ4v) is 1.91. The highest BCUT2D eigenvalue weighted by Crippen LogP contribution is 2.49. The van der Waals surface area contributed by atoms with Gasteiger partial charge in [0.05, 0.1) is 6.10 Å². The van der Waals surface area contributed by atoms with Crippen LogP contribution in [-0.4, -0.2) is 17.8 Å². The maximum atomic E-state index is 12.7. The third-order valence-electron chi connectivity index (χ3n) is 3.22. The second-order valence-electron chi connectivity index (χ2n) is 5.24. The first-order valence-corrected chi connectivity index (χ1v) is 6.40. The predicted octanol–water partition coefficient (Wildman–Crippen LogP) is 3.66. The molecule has 0 heterocycles. The van der Waals surface area contributed by atoms with Crippen molar-refractivity contribution >= 4 is 0 Å². The van der Waals surface area contributed by atoms with Crippen LogP contribution in [0.3, 0.4) is 0 Å². The van der Waals surface area contributed by atoms with Crippen molar-refractivity contribution < 1.29 is 17.9 Å². The molecule has 0 bridgehead atoms. The lowest BCUT2D eigenvalue weighted by Crippen LogP contribution is -2.44. The molecule has 0 radical (unpaired) electrons. The van der Waals surface area contributed by atoms with Gasteiger partial charge in [-0.15, -0.1) is 0 Å². The van der Waals surface area contributed by atoms with Crippen molar-refractivity contribution in [1.82, 2.24) is 5.32 Å². The van der Waals surface area contributed by atoms with Crippen molar-refractivity contribution in [3.8, 4) is 5.75 Å². The van der Waals surface area contributed by atoms with E-state index >= 15 is 0 Å². The van der Waals surface area contributed by atoms with E-state index in [2.05, 4.69) is 5.32 Å². The predicted molar refractivity (Wildman–Crippen MR) is 67.1 cm³/mol. The maximum absolute atomic E-state index is 12.7. The van der Waals surface area contributed by atoms with Gasteiger partial charge < -0.3 is 4.74 Å². The molecule has 0 saturated heterocycles. The topological polar surface area (TPSA) is 21.3 Å². The molecule has 0 atom stereocenters. The Balaban J connectivity index is 1.90. The van der Waals surface area contributed by atoms with Crippen molar-refractivity contribution in [2.75, 3.05) is 0 Å². The summed E-state index contributed by atoms with van der Waals surface area (Å²) in [6.45, 7) is 4.08. The molecule has 2 rings (SSSR count). The van der Waals surface area contributed by atoms with E-state index in [1.54, 1.807) is 24.3 Å². The summed E-state index contributed by atoms with van der Waals surface area (Å²) in [6.07, 6.45) is -3.73. The van der Waals surface area contributed by atoms with Crippen molar-refractivity contribution in [3.63, 3.8) is 0 Å². The standard InChI is InChI=1S/C14H18F3NO/c1-10(2)19-12-5-3-11(4-6-12)9-18-13(7-8-13)14(15,16)17/h3-6,10,18H,7-9H2,1-2H3. The van der Waals surface area contributed by atoms with Crippen molar-refractivity contribution in [3.05, 3.63) is 29.8 Å². The van der Waals surface area contributed by atoms with Gasteiger partial charge in [-0.25, -0.2) is 0 Å². The van der Waals surface area contributed by atoms with Gasteiger partial charge >= 0.3 is 6.18 Å². The summed E-state index contributed by atoms with van der Waals surface area (Å²) in [5, 5.41) is 2.62. The zero-order valence-corrected chi connectivity index (χ0v) is 11.1. The number of ether oxygens (including phenoxy) is 1. The van der Waals surface area contributed by atoms with Gasteiger partial charge in [0.2, 0.25) is 0 Å². The molecule has 19 heavy (non-hydrogen) atoms. The summed E-state index contributed by atoms with van der Waals surface area (Å²) in [7, 11) is 0. The van der Waals surface area contributed by atoms with E-state index in [4.69, 9.17) is 4.74 Å². The van der Waals surface area contributed by atoms with Crippen LogP contribution >= 0.6 is 0 Å². The molecule has 1 N–H and O–H groups in total. The van der Waals surface area contributed by atoms with Gasteiger partial charge in [-0.05, 0) is 44.4 Å². The zero-order chi connectivity index (χ0) is 14.1. The minimum absolute atomic E-state index is 0.0870. The van der Waals surface area contributed by atoms with Crippen LogP contribution in [-0.2, 0) is 6.54 Å². The third kappa shape index (κ3) is 3.41. The molecular formula is C14H18F3NO. The Morgan fingerprint density at radius 3 is 2.21 bits per heavy atom. The van der Waals surface area contributed by atoms with Crippen molar-refractivity contribution in [2.45, 2.75) is 51.1 Å². The van der Waals surface area contributed by atoms with Crippen molar-refractivity contribution in [1.29, 1.82) is 0 Å². The first-order valence-electron chi connectivity index (χ1n) is 6.40. The van der Waals surface area contributed by atoms with Gasteiger partial charge in [0.15, 0.2) is 0 Å².